The first-order valence-electron chi connectivity index (χ1n) is 7.54. The summed E-state index contributed by atoms with van der Waals surface area (Å²) in [4.78, 5) is 11.1. The van der Waals surface area contributed by atoms with Crippen LogP contribution in [0.1, 0.15) is 30.9 Å². The van der Waals surface area contributed by atoms with E-state index in [-0.39, 0.29) is 0 Å². The van der Waals surface area contributed by atoms with Crippen LogP contribution in [0.3, 0.4) is 0 Å². The van der Waals surface area contributed by atoms with E-state index in [2.05, 4.69) is 44.7 Å². The number of rotatable bonds is 7. The van der Waals surface area contributed by atoms with Crippen LogP contribution >= 0.6 is 0 Å². The molecule has 0 aliphatic rings. The van der Waals surface area contributed by atoms with Gasteiger partial charge in [-0.15, -0.1) is 0 Å². The molecule has 0 atom stereocenters. The molecule has 0 radical (unpaired) electrons. The SMILES string of the molecule is CCN(CC)c1ncccc1CNCc1cnc(C)n1C. The quantitative estimate of drug-likeness (QED) is 0.848. The Hall–Kier alpha value is -1.88. The molecule has 0 saturated heterocycles. The number of nitrogens with zero attached hydrogens (tertiary/aromatic N) is 4. The summed E-state index contributed by atoms with van der Waals surface area (Å²) in [5.74, 6) is 2.12. The molecule has 0 spiro atoms. The third-order valence-corrected chi connectivity index (χ3v) is 3.87. The van der Waals surface area contributed by atoms with Crippen molar-refractivity contribution < 1.29 is 0 Å². The molecule has 2 aromatic heterocycles. The lowest BCUT2D eigenvalue weighted by Gasteiger charge is -2.22. The van der Waals surface area contributed by atoms with Crippen molar-refractivity contribution in [1.29, 1.82) is 0 Å². The maximum Gasteiger partial charge on any atom is 0.132 e. The fourth-order valence-corrected chi connectivity index (χ4v) is 2.41. The standard InChI is InChI=1S/C16H25N5/c1-5-21(6-2)16-14(8-7-9-18-16)10-17-11-15-12-19-13(3)20(15)4/h7-9,12,17H,5-6,10-11H2,1-4H3. The lowest BCUT2D eigenvalue weighted by atomic mass is 10.2. The van der Waals surface area contributed by atoms with Gasteiger partial charge in [0.15, 0.2) is 0 Å². The van der Waals surface area contributed by atoms with Crippen molar-refractivity contribution in [1.82, 2.24) is 19.9 Å². The number of hydrogen-bond acceptors (Lipinski definition) is 4. The van der Waals surface area contributed by atoms with E-state index in [1.165, 1.54) is 11.3 Å². The van der Waals surface area contributed by atoms with E-state index >= 15 is 0 Å². The number of imidazole rings is 1. The highest BCUT2D eigenvalue weighted by Gasteiger charge is 2.09. The molecule has 2 aromatic rings. The minimum atomic E-state index is 0.809. The van der Waals surface area contributed by atoms with E-state index in [9.17, 15) is 0 Å². The van der Waals surface area contributed by atoms with E-state index in [1.807, 2.05) is 32.4 Å². The summed E-state index contributed by atoms with van der Waals surface area (Å²) in [7, 11) is 2.05. The fourth-order valence-electron chi connectivity index (χ4n) is 2.41. The zero-order chi connectivity index (χ0) is 15.2. The van der Waals surface area contributed by atoms with Crippen molar-refractivity contribution in [2.24, 2.45) is 7.05 Å². The number of hydrogen-bond donors (Lipinski definition) is 1. The lowest BCUT2D eigenvalue weighted by Crippen LogP contribution is -2.26. The van der Waals surface area contributed by atoms with Gasteiger partial charge in [-0.3, -0.25) is 0 Å². The molecule has 0 saturated carbocycles. The van der Waals surface area contributed by atoms with Crippen LogP contribution in [-0.4, -0.2) is 27.6 Å². The van der Waals surface area contributed by atoms with Crippen molar-refractivity contribution in [3.8, 4) is 0 Å². The van der Waals surface area contributed by atoms with E-state index in [1.54, 1.807) is 0 Å². The number of anilines is 1. The van der Waals surface area contributed by atoms with Gasteiger partial charge in [0.25, 0.3) is 0 Å². The first kappa shape index (κ1) is 15.5. The molecule has 0 fully saturated rings. The van der Waals surface area contributed by atoms with Crippen molar-refractivity contribution >= 4 is 5.82 Å². The molecule has 0 unspecified atom stereocenters. The summed E-state index contributed by atoms with van der Waals surface area (Å²) >= 11 is 0. The topological polar surface area (TPSA) is 46.0 Å². The molecule has 2 heterocycles. The monoisotopic (exact) mass is 287 g/mol. The van der Waals surface area contributed by atoms with Crippen molar-refractivity contribution in [2.75, 3.05) is 18.0 Å². The highest BCUT2D eigenvalue weighted by Crippen LogP contribution is 2.16. The molecule has 5 nitrogen and oxygen atoms in total. The number of aryl methyl sites for hydroxylation is 1. The van der Waals surface area contributed by atoms with Gasteiger partial charge in [0.1, 0.15) is 11.6 Å². The zero-order valence-electron chi connectivity index (χ0n) is 13.4. The molecule has 5 heteroatoms. The van der Waals surface area contributed by atoms with Crippen LogP contribution in [0.5, 0.6) is 0 Å². The normalized spacial score (nSPS) is 10.9. The Morgan fingerprint density at radius 1 is 1.19 bits per heavy atom. The molecule has 0 aromatic carbocycles. The Balaban J connectivity index is 2.02. The van der Waals surface area contributed by atoms with E-state index in [0.29, 0.717) is 0 Å². The van der Waals surface area contributed by atoms with Crippen LogP contribution in [0.15, 0.2) is 24.5 Å². The zero-order valence-corrected chi connectivity index (χ0v) is 13.4. The second-order valence-electron chi connectivity index (χ2n) is 5.12. The summed E-state index contributed by atoms with van der Waals surface area (Å²) in [5, 5.41) is 3.49. The fraction of sp³-hybridized carbons (Fsp3) is 0.500. The predicted molar refractivity (Wildman–Crippen MR) is 86.3 cm³/mol. The highest BCUT2D eigenvalue weighted by molar-refractivity contribution is 5.46. The Kier molecular flexibility index (Phi) is 5.33. The van der Waals surface area contributed by atoms with Crippen LogP contribution < -0.4 is 10.2 Å². The number of nitrogens with one attached hydrogen (secondary N) is 1. The molecular formula is C16H25N5. The van der Waals surface area contributed by atoms with E-state index in [0.717, 1.165) is 37.8 Å². The Labute approximate surface area is 127 Å². The minimum Gasteiger partial charge on any atom is -0.357 e. The highest BCUT2D eigenvalue weighted by atomic mass is 15.2. The summed E-state index contributed by atoms with van der Waals surface area (Å²) in [6, 6.07) is 4.14. The molecule has 2 rings (SSSR count). The largest absolute Gasteiger partial charge is 0.357 e. The van der Waals surface area contributed by atoms with Gasteiger partial charge < -0.3 is 14.8 Å². The van der Waals surface area contributed by atoms with Gasteiger partial charge >= 0.3 is 0 Å². The van der Waals surface area contributed by atoms with E-state index in [4.69, 9.17) is 0 Å². The predicted octanol–water partition coefficient (Wildman–Crippen LogP) is 2.26. The second kappa shape index (κ2) is 7.22. The van der Waals surface area contributed by atoms with Crippen LogP contribution in [0.2, 0.25) is 0 Å². The van der Waals surface area contributed by atoms with Crippen molar-refractivity contribution in [3.05, 3.63) is 41.6 Å². The third-order valence-electron chi connectivity index (χ3n) is 3.87. The smallest absolute Gasteiger partial charge is 0.132 e. The summed E-state index contributed by atoms with van der Waals surface area (Å²) in [6.45, 7) is 9.90. The molecule has 114 valence electrons. The number of pyridine rings is 1. The molecule has 0 aliphatic heterocycles. The van der Waals surface area contributed by atoms with Gasteiger partial charge in [0.2, 0.25) is 0 Å². The van der Waals surface area contributed by atoms with Gasteiger partial charge in [0, 0.05) is 51.2 Å². The Morgan fingerprint density at radius 2 is 1.95 bits per heavy atom. The second-order valence-corrected chi connectivity index (χ2v) is 5.12. The minimum absolute atomic E-state index is 0.809. The maximum absolute atomic E-state index is 4.54. The Bertz CT molecular complexity index is 572. The molecule has 1 N–H and O–H groups in total. The van der Waals surface area contributed by atoms with Crippen LogP contribution in [-0.2, 0) is 20.1 Å². The van der Waals surface area contributed by atoms with Crippen LogP contribution in [0.4, 0.5) is 5.82 Å². The first-order chi connectivity index (χ1) is 10.2. The molecular weight excluding hydrogens is 262 g/mol. The van der Waals surface area contributed by atoms with Gasteiger partial charge in [-0.1, -0.05) is 6.07 Å². The third kappa shape index (κ3) is 3.61. The van der Waals surface area contributed by atoms with Gasteiger partial charge in [-0.05, 0) is 26.8 Å². The average molecular weight is 287 g/mol. The number of aromatic nitrogens is 3. The van der Waals surface area contributed by atoms with Gasteiger partial charge in [0.05, 0.1) is 5.69 Å². The average Bonchev–Trinajstić information content (AvgIpc) is 2.82. The molecule has 21 heavy (non-hydrogen) atoms. The van der Waals surface area contributed by atoms with Crippen LogP contribution in [0, 0.1) is 6.92 Å². The van der Waals surface area contributed by atoms with Crippen molar-refractivity contribution in [2.45, 2.75) is 33.9 Å². The first-order valence-corrected chi connectivity index (χ1v) is 7.54. The molecule has 0 amide bonds. The molecule has 0 bridgehead atoms. The lowest BCUT2D eigenvalue weighted by molar-refractivity contribution is 0.647. The maximum atomic E-state index is 4.54. The summed E-state index contributed by atoms with van der Waals surface area (Å²) in [5.41, 5.74) is 2.43. The summed E-state index contributed by atoms with van der Waals surface area (Å²) in [6.07, 6.45) is 3.79. The van der Waals surface area contributed by atoms with Crippen molar-refractivity contribution in [3.63, 3.8) is 0 Å². The summed E-state index contributed by atoms with van der Waals surface area (Å²) < 4.78 is 2.11. The van der Waals surface area contributed by atoms with Crippen LogP contribution in [0.25, 0.3) is 0 Å². The van der Waals surface area contributed by atoms with Gasteiger partial charge in [-0.25, -0.2) is 9.97 Å². The Morgan fingerprint density at radius 3 is 2.57 bits per heavy atom. The molecule has 0 aliphatic carbocycles. The van der Waals surface area contributed by atoms with E-state index < -0.39 is 0 Å². The van der Waals surface area contributed by atoms with Gasteiger partial charge in [-0.2, -0.15) is 0 Å².